The van der Waals surface area contributed by atoms with Crippen molar-refractivity contribution in [3.8, 4) is 0 Å². The summed E-state index contributed by atoms with van der Waals surface area (Å²) in [4.78, 5) is 12.5. The van der Waals surface area contributed by atoms with Gasteiger partial charge in [-0.2, -0.15) is 0 Å². The van der Waals surface area contributed by atoms with Gasteiger partial charge < -0.3 is 5.32 Å². The minimum absolute atomic E-state index is 0.0373. The van der Waals surface area contributed by atoms with E-state index in [9.17, 15) is 4.79 Å². The highest BCUT2D eigenvalue weighted by molar-refractivity contribution is 5.96. The van der Waals surface area contributed by atoms with E-state index in [1.807, 2.05) is 32.9 Å². The van der Waals surface area contributed by atoms with E-state index in [-0.39, 0.29) is 11.8 Å². The molecule has 2 aromatic carbocycles. The smallest absolute Gasteiger partial charge is 0.231 e. The van der Waals surface area contributed by atoms with Gasteiger partial charge in [-0.05, 0) is 61.4 Å². The Morgan fingerprint density at radius 1 is 1.00 bits per heavy atom. The van der Waals surface area contributed by atoms with Crippen LogP contribution < -0.4 is 5.32 Å². The number of amides is 1. The van der Waals surface area contributed by atoms with Crippen molar-refractivity contribution in [1.29, 1.82) is 0 Å². The van der Waals surface area contributed by atoms with Crippen LogP contribution in [0.5, 0.6) is 0 Å². The first-order valence-electron chi connectivity index (χ1n) is 8.33. The first-order valence-corrected chi connectivity index (χ1v) is 8.33. The van der Waals surface area contributed by atoms with Crippen LogP contribution in [0.15, 0.2) is 42.5 Å². The molecule has 0 radical (unpaired) electrons. The van der Waals surface area contributed by atoms with Crippen LogP contribution in [0.25, 0.3) is 0 Å². The first-order chi connectivity index (χ1) is 10.9. The minimum atomic E-state index is -0.164. The van der Waals surface area contributed by atoms with Gasteiger partial charge in [-0.25, -0.2) is 0 Å². The maximum Gasteiger partial charge on any atom is 0.231 e. The predicted octanol–water partition coefficient (Wildman–Crippen LogP) is 5.24. The monoisotopic (exact) mass is 309 g/mol. The lowest BCUT2D eigenvalue weighted by atomic mass is 9.96. The van der Waals surface area contributed by atoms with E-state index in [0.717, 1.165) is 28.8 Å². The van der Waals surface area contributed by atoms with Crippen LogP contribution in [0.1, 0.15) is 48.9 Å². The third kappa shape index (κ3) is 4.69. The highest BCUT2D eigenvalue weighted by Gasteiger charge is 2.16. The summed E-state index contributed by atoms with van der Waals surface area (Å²) in [5.74, 6) is 0.518. The standard InChI is InChI=1S/C21H27NO/c1-14(2)12-18-8-10-19(11-9-18)17(5)21(23)22-20-13-15(3)6-7-16(20)4/h6-11,13-14,17H,12H2,1-5H3,(H,22,23)/t17-/m0/s1. The summed E-state index contributed by atoms with van der Waals surface area (Å²) in [6.45, 7) is 10.4. The van der Waals surface area contributed by atoms with Crippen molar-refractivity contribution in [2.45, 2.75) is 47.0 Å². The Bertz CT molecular complexity index is 671. The number of benzene rings is 2. The van der Waals surface area contributed by atoms with Crippen molar-refractivity contribution in [1.82, 2.24) is 0 Å². The van der Waals surface area contributed by atoms with Crippen molar-refractivity contribution in [3.63, 3.8) is 0 Å². The van der Waals surface area contributed by atoms with Crippen LogP contribution in [0, 0.1) is 19.8 Å². The van der Waals surface area contributed by atoms with Gasteiger partial charge in [0.2, 0.25) is 5.91 Å². The van der Waals surface area contributed by atoms with E-state index < -0.39 is 0 Å². The molecular weight excluding hydrogens is 282 g/mol. The molecular formula is C21H27NO. The van der Waals surface area contributed by atoms with E-state index in [1.54, 1.807) is 0 Å². The normalized spacial score (nSPS) is 12.3. The quantitative estimate of drug-likeness (QED) is 0.803. The second kappa shape index (κ2) is 7.45. The first kappa shape index (κ1) is 17.3. The second-order valence-corrected chi connectivity index (χ2v) is 6.87. The van der Waals surface area contributed by atoms with Crippen LogP contribution in [0.4, 0.5) is 5.69 Å². The van der Waals surface area contributed by atoms with Crippen LogP contribution in [0.3, 0.4) is 0 Å². The molecule has 0 aromatic heterocycles. The van der Waals surface area contributed by atoms with Crippen molar-refractivity contribution in [2.24, 2.45) is 5.92 Å². The number of hydrogen-bond acceptors (Lipinski definition) is 1. The van der Waals surface area contributed by atoms with E-state index in [0.29, 0.717) is 5.92 Å². The van der Waals surface area contributed by atoms with Gasteiger partial charge in [0.15, 0.2) is 0 Å². The van der Waals surface area contributed by atoms with Gasteiger partial charge in [0.25, 0.3) is 0 Å². The Hall–Kier alpha value is -2.09. The Balaban J connectivity index is 2.08. The molecule has 0 spiro atoms. The molecule has 2 aromatic rings. The Morgan fingerprint density at radius 2 is 1.65 bits per heavy atom. The average molecular weight is 309 g/mol. The van der Waals surface area contributed by atoms with Gasteiger partial charge in [0, 0.05) is 5.69 Å². The summed E-state index contributed by atoms with van der Waals surface area (Å²) < 4.78 is 0. The summed E-state index contributed by atoms with van der Waals surface area (Å²) in [6, 6.07) is 14.5. The Labute approximate surface area is 139 Å². The average Bonchev–Trinajstić information content (AvgIpc) is 2.50. The van der Waals surface area contributed by atoms with Crippen LogP contribution in [-0.2, 0) is 11.2 Å². The molecule has 0 heterocycles. The molecule has 2 rings (SSSR count). The molecule has 0 aliphatic rings. The van der Waals surface area contributed by atoms with E-state index in [2.05, 4.69) is 49.5 Å². The number of aryl methyl sites for hydroxylation is 2. The second-order valence-electron chi connectivity index (χ2n) is 6.87. The van der Waals surface area contributed by atoms with Crippen molar-refractivity contribution >= 4 is 11.6 Å². The zero-order valence-electron chi connectivity index (χ0n) is 14.8. The lowest BCUT2D eigenvalue weighted by molar-refractivity contribution is -0.117. The van der Waals surface area contributed by atoms with Crippen molar-refractivity contribution < 1.29 is 4.79 Å². The molecule has 1 N–H and O–H groups in total. The third-order valence-electron chi connectivity index (χ3n) is 4.17. The van der Waals surface area contributed by atoms with Gasteiger partial charge in [-0.15, -0.1) is 0 Å². The van der Waals surface area contributed by atoms with E-state index in [4.69, 9.17) is 0 Å². The van der Waals surface area contributed by atoms with E-state index >= 15 is 0 Å². The molecule has 0 bridgehead atoms. The van der Waals surface area contributed by atoms with Crippen LogP contribution in [0.2, 0.25) is 0 Å². The number of hydrogen-bond donors (Lipinski definition) is 1. The summed E-state index contributed by atoms with van der Waals surface area (Å²) in [6.07, 6.45) is 1.07. The molecule has 0 unspecified atom stereocenters. The fourth-order valence-corrected chi connectivity index (χ4v) is 2.68. The SMILES string of the molecule is Cc1ccc(C)c(NC(=O)[C@@H](C)c2ccc(CC(C)C)cc2)c1. The molecule has 1 atom stereocenters. The van der Waals surface area contributed by atoms with Gasteiger partial charge in [0.05, 0.1) is 5.92 Å². The van der Waals surface area contributed by atoms with Crippen molar-refractivity contribution in [2.75, 3.05) is 5.32 Å². The molecule has 122 valence electrons. The highest BCUT2D eigenvalue weighted by Crippen LogP contribution is 2.22. The predicted molar refractivity (Wildman–Crippen MR) is 97.9 cm³/mol. The summed E-state index contributed by atoms with van der Waals surface area (Å²) in [5.41, 5.74) is 5.52. The summed E-state index contributed by atoms with van der Waals surface area (Å²) in [5, 5.41) is 3.06. The lowest BCUT2D eigenvalue weighted by Crippen LogP contribution is -2.19. The molecule has 2 nitrogen and oxygen atoms in total. The zero-order chi connectivity index (χ0) is 17.0. The number of carbonyl (C=O) groups is 1. The Morgan fingerprint density at radius 3 is 2.26 bits per heavy atom. The summed E-state index contributed by atoms with van der Waals surface area (Å²) >= 11 is 0. The largest absolute Gasteiger partial charge is 0.325 e. The van der Waals surface area contributed by atoms with Crippen LogP contribution in [-0.4, -0.2) is 5.91 Å². The minimum Gasteiger partial charge on any atom is -0.325 e. The van der Waals surface area contributed by atoms with E-state index in [1.165, 1.54) is 5.56 Å². The lowest BCUT2D eigenvalue weighted by Gasteiger charge is -2.15. The van der Waals surface area contributed by atoms with Crippen molar-refractivity contribution in [3.05, 3.63) is 64.7 Å². The number of rotatable bonds is 5. The third-order valence-corrected chi connectivity index (χ3v) is 4.17. The molecule has 0 aliphatic heterocycles. The molecule has 0 aliphatic carbocycles. The van der Waals surface area contributed by atoms with Crippen LogP contribution >= 0.6 is 0 Å². The van der Waals surface area contributed by atoms with Gasteiger partial charge in [-0.1, -0.05) is 50.2 Å². The molecule has 23 heavy (non-hydrogen) atoms. The number of anilines is 1. The maximum atomic E-state index is 12.5. The summed E-state index contributed by atoms with van der Waals surface area (Å²) in [7, 11) is 0. The zero-order valence-corrected chi connectivity index (χ0v) is 14.8. The molecule has 2 heteroatoms. The molecule has 0 saturated carbocycles. The highest BCUT2D eigenvalue weighted by atomic mass is 16.1. The topological polar surface area (TPSA) is 29.1 Å². The van der Waals surface area contributed by atoms with Gasteiger partial charge >= 0.3 is 0 Å². The molecule has 0 saturated heterocycles. The maximum absolute atomic E-state index is 12.5. The van der Waals surface area contributed by atoms with Gasteiger partial charge in [-0.3, -0.25) is 4.79 Å². The molecule has 0 fully saturated rings. The molecule has 1 amide bonds. The Kier molecular flexibility index (Phi) is 5.59. The fraction of sp³-hybridized carbons (Fsp3) is 0.381. The fourth-order valence-electron chi connectivity index (χ4n) is 2.68. The number of nitrogens with one attached hydrogen (secondary N) is 1. The number of carbonyl (C=O) groups excluding carboxylic acids is 1. The van der Waals surface area contributed by atoms with Gasteiger partial charge in [0.1, 0.15) is 0 Å².